The van der Waals surface area contributed by atoms with E-state index >= 15 is 0 Å². The van der Waals surface area contributed by atoms with Crippen molar-refractivity contribution in [2.75, 3.05) is 7.11 Å². The number of hydrogen-bond acceptors (Lipinski definition) is 15. The number of ether oxygens (including phenoxy) is 1. The van der Waals surface area contributed by atoms with E-state index in [1.54, 1.807) is 7.11 Å². The van der Waals surface area contributed by atoms with Crippen LogP contribution in [-0.2, 0) is 57.6 Å². The summed E-state index contributed by atoms with van der Waals surface area (Å²) in [4.78, 5) is 0. The van der Waals surface area contributed by atoms with Crippen molar-refractivity contribution in [1.82, 2.24) is 0 Å². The molecule has 15 nitrogen and oxygen atoms in total. The van der Waals surface area contributed by atoms with Gasteiger partial charge in [0, 0.05) is 46.4 Å². The molecule has 530 valence electrons. The summed E-state index contributed by atoms with van der Waals surface area (Å²) in [5.41, 5.74) is 6.49. The van der Waals surface area contributed by atoms with Crippen LogP contribution >= 0.6 is 23.2 Å². The Kier molecular flexibility index (Phi) is 20.8. The Hall–Kier alpha value is -7.67. The Balaban J connectivity index is 1.18. The number of fused-ring (bicyclic) bond motifs is 6. The van der Waals surface area contributed by atoms with Gasteiger partial charge in [-0.15, -0.1) is 0 Å². The molecule has 12 aromatic rings. The maximum atomic E-state index is 9.00. The van der Waals surface area contributed by atoms with Crippen LogP contribution in [0, 0.1) is 6.92 Å². The quantitative estimate of drug-likeness (QED) is 0.0855. The highest BCUT2D eigenvalue weighted by atomic mass is 35.5. The average Bonchev–Trinajstić information content (AvgIpc) is 0.685. The smallest absolute Gasteiger partial charge is 0.497 e. The van der Waals surface area contributed by atoms with Gasteiger partial charge in [0.15, 0.2) is 0 Å². The molecule has 8 unspecified atom stereocenters. The standard InChI is InChI=1S/C78H70Cl2O15Si11/c1-63-43-55-70(56-44-63)99(62-60-65-47-51-67(80)52-48-65)86-101(73-31-15-5-16-32-73)83-97(69-27-11-3-12-28-69)84-102(74-33-17-6-18-34-74)91-103(75-35-19-7-20-36-75)87-98(71-57-53-68(81-2)54-58-71,61-59-64-45-49-66(79)50-46-64)85-100(82-96,72-29-13-4-14-30-72)89-105(90-101,77-39-23-9-24-40-77)95-106(93-103,78-41-25-10-26-42-78)94-104(88-99,92-102)76-37-21-8-22-38-76/h3-62,97H,1-2,96H3/b61-59+,62-60+/t97?,98?,99?,100?,101?,102?,103?,104?,105-,106+/m1/s1. The molecule has 16 rings (SSSR count). The van der Waals surface area contributed by atoms with Gasteiger partial charge in [-0.3, -0.25) is 0 Å². The summed E-state index contributed by atoms with van der Waals surface area (Å²) in [6.07, 6.45) is 3.96. The minimum absolute atomic E-state index is 0.0223. The lowest BCUT2D eigenvalue weighted by Crippen LogP contribution is -2.90. The van der Waals surface area contributed by atoms with Gasteiger partial charge in [0.1, 0.15) is 16.2 Å². The van der Waals surface area contributed by atoms with E-state index in [1.807, 2.05) is 370 Å². The highest BCUT2D eigenvalue weighted by Crippen LogP contribution is 2.45. The highest BCUT2D eigenvalue weighted by Gasteiger charge is 2.80. The maximum Gasteiger partial charge on any atom is 0.515 e. The largest absolute Gasteiger partial charge is 0.515 e. The molecule has 6 bridgehead atoms. The fourth-order valence-electron chi connectivity index (χ4n) is 13.2. The van der Waals surface area contributed by atoms with Crippen LogP contribution in [0.4, 0.5) is 0 Å². The van der Waals surface area contributed by atoms with Crippen LogP contribution < -0.4 is 56.6 Å². The van der Waals surface area contributed by atoms with Crippen molar-refractivity contribution in [3.8, 4) is 5.75 Å². The second kappa shape index (κ2) is 30.4. The van der Waals surface area contributed by atoms with Crippen LogP contribution in [0.5, 0.6) is 5.75 Å². The van der Waals surface area contributed by atoms with E-state index in [-0.39, 0.29) is 10.5 Å². The van der Waals surface area contributed by atoms with Gasteiger partial charge in [-0.1, -0.05) is 344 Å². The Morgan fingerprint density at radius 1 is 0.302 bits per heavy atom. The summed E-state index contributed by atoms with van der Waals surface area (Å²) in [5, 5.41) is 6.17. The average molecular weight is 1630 g/mol. The summed E-state index contributed by atoms with van der Waals surface area (Å²) >= 11 is 13.5. The predicted molar refractivity (Wildman–Crippen MR) is 437 cm³/mol. The van der Waals surface area contributed by atoms with E-state index in [4.69, 9.17) is 85.6 Å². The molecule has 28 heteroatoms. The fourth-order valence-corrected chi connectivity index (χ4v) is 68.3. The van der Waals surface area contributed by atoms with E-state index in [2.05, 4.69) is 0 Å². The first-order chi connectivity index (χ1) is 51.7. The van der Waals surface area contributed by atoms with Crippen molar-refractivity contribution in [2.24, 2.45) is 0 Å². The third-order valence-corrected chi connectivity index (χ3v) is 61.2. The Bertz CT molecular complexity index is 5060. The van der Waals surface area contributed by atoms with E-state index in [9.17, 15) is 0 Å². The van der Waals surface area contributed by atoms with Gasteiger partial charge in [0.2, 0.25) is 0 Å². The van der Waals surface area contributed by atoms with Gasteiger partial charge in [-0.25, -0.2) is 0 Å². The molecule has 0 aliphatic carbocycles. The van der Waals surface area contributed by atoms with Crippen LogP contribution in [0.15, 0.2) is 351 Å². The van der Waals surface area contributed by atoms with Gasteiger partial charge in [0.05, 0.1) is 7.11 Å². The monoisotopic (exact) mass is 1620 g/mol. The van der Waals surface area contributed by atoms with E-state index in [0.29, 0.717) is 67.7 Å². The maximum absolute atomic E-state index is 9.00. The summed E-state index contributed by atoms with van der Waals surface area (Å²) < 4.78 is 128. The van der Waals surface area contributed by atoms with Crippen LogP contribution in [-0.4, -0.2) is 106 Å². The van der Waals surface area contributed by atoms with Gasteiger partial charge in [-0.2, -0.15) is 0 Å². The minimum atomic E-state index is -5.58. The summed E-state index contributed by atoms with van der Waals surface area (Å²) in [6.45, 7) is 2.04. The lowest BCUT2D eigenvalue weighted by atomic mass is 10.2. The number of benzene rings is 12. The number of aryl methyl sites for hydroxylation is 1. The zero-order valence-corrected chi connectivity index (χ0v) is 71.3. The molecule has 0 N–H and O–H groups in total. The molecule has 0 spiro atoms. The SMILES string of the molecule is COc1ccc([Si]2(/C=C/c3ccc(Cl)cc3)O[Si](O[SiH3])(c3ccccc3)O[Si@]3(c4ccccc4)O[Si]4(c5ccccc5)O[SiH](c5ccccc5)O[Si]5(c6ccccc6)O[Si](c6ccccc6)(O2)O[Si@@](c2ccccc2)(O[Si](c2ccccc2)(O[Si](/C=C/c2ccc(Cl)cc2)(c2ccc(C)cc2)O4)O5)O3)cc1. The Labute approximate surface area is 640 Å². The second-order valence-corrected chi connectivity index (χ2v) is 56.5. The van der Waals surface area contributed by atoms with Crippen LogP contribution in [0.25, 0.3) is 12.2 Å². The van der Waals surface area contributed by atoms with Crippen molar-refractivity contribution >= 4 is 186 Å². The van der Waals surface area contributed by atoms with E-state index < -0.39 is 88.0 Å². The molecule has 0 amide bonds. The summed E-state index contributed by atoms with van der Waals surface area (Å²) in [7, 11) is -50.0. The molecule has 0 radical (unpaired) electrons. The highest BCUT2D eigenvalue weighted by molar-refractivity contribution is 7.12. The zero-order chi connectivity index (χ0) is 72.3. The molecule has 0 saturated carbocycles. The molecule has 10 atom stereocenters. The normalized spacial score (nSPS) is 28.2. The lowest BCUT2D eigenvalue weighted by molar-refractivity contribution is 0.0578. The topological polar surface area (TPSA) is 138 Å². The van der Waals surface area contributed by atoms with Crippen LogP contribution in [0.1, 0.15) is 16.7 Å². The molecule has 4 aliphatic heterocycles. The van der Waals surface area contributed by atoms with Gasteiger partial charge < -0.3 is 62.3 Å². The van der Waals surface area contributed by atoms with Crippen LogP contribution in [0.3, 0.4) is 0 Å². The second-order valence-electron chi connectivity index (χ2n) is 25.5. The van der Waals surface area contributed by atoms with Crippen LogP contribution in [0.2, 0.25) is 10.0 Å². The number of rotatable bonds is 16. The van der Waals surface area contributed by atoms with Crippen molar-refractivity contribution < 1.29 is 62.3 Å². The Morgan fingerprint density at radius 2 is 0.594 bits per heavy atom. The minimum Gasteiger partial charge on any atom is -0.497 e. The molecule has 106 heavy (non-hydrogen) atoms. The summed E-state index contributed by atoms with van der Waals surface area (Å²) in [6, 6.07) is 109. The van der Waals surface area contributed by atoms with Crippen molar-refractivity contribution in [2.45, 2.75) is 6.92 Å². The van der Waals surface area contributed by atoms with Gasteiger partial charge in [0.25, 0.3) is 0 Å². The molecule has 4 saturated heterocycles. The predicted octanol–water partition coefficient (Wildman–Crippen LogP) is 8.43. The molecule has 12 aromatic carbocycles. The molecule has 4 fully saturated rings. The van der Waals surface area contributed by atoms with Gasteiger partial charge in [-0.05, 0) is 81.4 Å². The lowest BCUT2D eigenvalue weighted by Gasteiger charge is -2.58. The zero-order valence-electron chi connectivity index (χ0n) is 57.6. The first-order valence-corrected chi connectivity index (χ1v) is 53.4. The fraction of sp³-hybridized carbons (Fsp3) is 0.0256. The van der Waals surface area contributed by atoms with Crippen molar-refractivity contribution in [1.29, 1.82) is 0 Å². The van der Waals surface area contributed by atoms with E-state index in [0.717, 1.165) is 16.7 Å². The first-order valence-electron chi connectivity index (χ1n) is 34.4. The van der Waals surface area contributed by atoms with Gasteiger partial charge >= 0.3 is 88.0 Å². The first kappa shape index (κ1) is 72.5. The summed E-state index contributed by atoms with van der Waals surface area (Å²) in [5.74, 6) is 0.564. The molecule has 4 heterocycles. The molecular weight excluding hydrogens is 1560 g/mol. The number of hydrogen-bond donors (Lipinski definition) is 0. The van der Waals surface area contributed by atoms with Crippen molar-refractivity contribution in [3.05, 3.63) is 378 Å². The Morgan fingerprint density at radius 3 is 0.962 bits per heavy atom. The number of halogens is 2. The van der Waals surface area contributed by atoms with Crippen molar-refractivity contribution in [3.63, 3.8) is 0 Å². The molecule has 0 aromatic heterocycles. The third kappa shape index (κ3) is 14.3. The number of methoxy groups -OCH3 is 1. The molecular formula is C78H70Cl2O15Si11. The van der Waals surface area contributed by atoms with E-state index in [1.165, 1.54) is 0 Å². The molecule has 4 aliphatic rings. The third-order valence-electron chi connectivity index (χ3n) is 18.5.